The Hall–Kier alpha value is -1.13. The number of pyridine rings is 1. The number of likely N-dealkylation sites (tertiary alicyclic amines) is 1. The molecular formula is C13H18ClN3O. The molecule has 1 saturated heterocycles. The Balaban J connectivity index is 2.06. The summed E-state index contributed by atoms with van der Waals surface area (Å²) in [6, 6.07) is 3.84. The number of piperidine rings is 1. The summed E-state index contributed by atoms with van der Waals surface area (Å²) in [7, 11) is 4.12. The zero-order valence-corrected chi connectivity index (χ0v) is 11.5. The molecule has 1 fully saturated rings. The van der Waals surface area contributed by atoms with E-state index in [1.165, 1.54) is 0 Å². The molecule has 1 aromatic heterocycles. The van der Waals surface area contributed by atoms with Crippen molar-refractivity contribution in [2.75, 3.05) is 27.2 Å². The number of likely N-dealkylation sites (N-methyl/N-ethyl adjacent to an activating group) is 1. The van der Waals surface area contributed by atoms with E-state index in [1.807, 2.05) is 4.90 Å². The first-order chi connectivity index (χ1) is 8.58. The first-order valence-electron chi connectivity index (χ1n) is 6.15. The molecule has 1 amide bonds. The van der Waals surface area contributed by atoms with Crippen LogP contribution in [0.5, 0.6) is 0 Å². The Morgan fingerprint density at radius 1 is 1.50 bits per heavy atom. The van der Waals surface area contributed by atoms with Gasteiger partial charge in [-0.05, 0) is 39.1 Å². The van der Waals surface area contributed by atoms with Gasteiger partial charge in [-0.2, -0.15) is 0 Å². The molecule has 98 valence electrons. The van der Waals surface area contributed by atoms with Gasteiger partial charge in [0.25, 0.3) is 5.91 Å². The number of amides is 1. The van der Waals surface area contributed by atoms with E-state index in [1.54, 1.807) is 18.3 Å². The van der Waals surface area contributed by atoms with Gasteiger partial charge in [-0.15, -0.1) is 0 Å². The van der Waals surface area contributed by atoms with Gasteiger partial charge < -0.3 is 9.80 Å². The van der Waals surface area contributed by atoms with Crippen LogP contribution in [-0.2, 0) is 0 Å². The van der Waals surface area contributed by atoms with Crippen LogP contribution in [0.25, 0.3) is 0 Å². The minimum absolute atomic E-state index is 0.0470. The fourth-order valence-electron chi connectivity index (χ4n) is 2.25. The van der Waals surface area contributed by atoms with E-state index >= 15 is 0 Å². The van der Waals surface area contributed by atoms with Gasteiger partial charge in [-0.3, -0.25) is 4.79 Å². The van der Waals surface area contributed by atoms with Crippen molar-refractivity contribution >= 4 is 17.5 Å². The fourth-order valence-corrected chi connectivity index (χ4v) is 2.36. The summed E-state index contributed by atoms with van der Waals surface area (Å²) < 4.78 is 0. The summed E-state index contributed by atoms with van der Waals surface area (Å²) in [5.41, 5.74) is 0.610. The van der Waals surface area contributed by atoms with Crippen LogP contribution in [0.3, 0.4) is 0 Å². The Bertz CT molecular complexity index is 419. The van der Waals surface area contributed by atoms with Gasteiger partial charge in [0.05, 0.1) is 5.56 Å². The normalized spacial score (nSPS) is 20.2. The number of halogens is 1. The lowest BCUT2D eigenvalue weighted by atomic mass is 10.0. The second-order valence-electron chi connectivity index (χ2n) is 4.88. The van der Waals surface area contributed by atoms with Gasteiger partial charge in [0.1, 0.15) is 5.15 Å². The maximum Gasteiger partial charge on any atom is 0.255 e. The molecule has 0 bridgehead atoms. The predicted molar refractivity (Wildman–Crippen MR) is 71.9 cm³/mol. The van der Waals surface area contributed by atoms with Crippen LogP contribution in [0.2, 0.25) is 5.15 Å². The van der Waals surface area contributed by atoms with Crippen molar-refractivity contribution in [3.63, 3.8) is 0 Å². The maximum atomic E-state index is 12.3. The topological polar surface area (TPSA) is 36.4 Å². The zero-order valence-electron chi connectivity index (χ0n) is 10.8. The average molecular weight is 268 g/mol. The first-order valence-corrected chi connectivity index (χ1v) is 6.53. The van der Waals surface area contributed by atoms with Gasteiger partial charge in [-0.25, -0.2) is 4.98 Å². The second-order valence-corrected chi connectivity index (χ2v) is 5.27. The molecule has 18 heavy (non-hydrogen) atoms. The monoisotopic (exact) mass is 267 g/mol. The van der Waals surface area contributed by atoms with Crippen molar-refractivity contribution in [1.82, 2.24) is 14.8 Å². The molecule has 0 spiro atoms. The third-order valence-corrected chi connectivity index (χ3v) is 3.61. The van der Waals surface area contributed by atoms with E-state index in [-0.39, 0.29) is 5.91 Å². The molecule has 0 N–H and O–H groups in total. The van der Waals surface area contributed by atoms with Gasteiger partial charge in [0, 0.05) is 25.3 Å². The van der Waals surface area contributed by atoms with Gasteiger partial charge in [-0.1, -0.05) is 11.6 Å². The van der Waals surface area contributed by atoms with Crippen LogP contribution in [0.15, 0.2) is 18.3 Å². The molecule has 1 aliphatic rings. The highest BCUT2D eigenvalue weighted by molar-refractivity contribution is 6.29. The maximum absolute atomic E-state index is 12.3. The molecule has 2 heterocycles. The highest BCUT2D eigenvalue weighted by Crippen LogP contribution is 2.16. The number of hydrogen-bond donors (Lipinski definition) is 0. The first kappa shape index (κ1) is 13.3. The molecule has 1 atom stereocenters. The number of rotatable bonds is 2. The molecule has 2 rings (SSSR count). The SMILES string of the molecule is CN(C)C1CCCN(C(=O)c2ccc(Cl)nc2)C1. The summed E-state index contributed by atoms with van der Waals surface area (Å²) in [4.78, 5) is 20.3. The largest absolute Gasteiger partial charge is 0.337 e. The van der Waals surface area contributed by atoms with Crippen molar-refractivity contribution in [2.45, 2.75) is 18.9 Å². The summed E-state index contributed by atoms with van der Waals surface area (Å²) >= 11 is 5.72. The molecule has 5 heteroatoms. The summed E-state index contributed by atoms with van der Waals surface area (Å²) in [6.07, 6.45) is 3.75. The Labute approximate surface area is 113 Å². The Morgan fingerprint density at radius 2 is 2.28 bits per heavy atom. The van der Waals surface area contributed by atoms with Crippen molar-refractivity contribution in [1.29, 1.82) is 0 Å². The van der Waals surface area contributed by atoms with E-state index in [2.05, 4.69) is 24.0 Å². The van der Waals surface area contributed by atoms with Crippen molar-refractivity contribution in [2.24, 2.45) is 0 Å². The van der Waals surface area contributed by atoms with Crippen LogP contribution in [0.1, 0.15) is 23.2 Å². The van der Waals surface area contributed by atoms with Crippen molar-refractivity contribution in [3.8, 4) is 0 Å². The number of aromatic nitrogens is 1. The lowest BCUT2D eigenvalue weighted by Gasteiger charge is -2.36. The number of hydrogen-bond acceptors (Lipinski definition) is 3. The number of nitrogens with zero attached hydrogens (tertiary/aromatic N) is 3. The van der Waals surface area contributed by atoms with E-state index in [0.717, 1.165) is 25.9 Å². The molecule has 0 radical (unpaired) electrons. The molecule has 1 unspecified atom stereocenters. The fraction of sp³-hybridized carbons (Fsp3) is 0.538. The van der Waals surface area contributed by atoms with Crippen molar-refractivity contribution in [3.05, 3.63) is 29.0 Å². The predicted octanol–water partition coefficient (Wildman–Crippen LogP) is 1.90. The molecular weight excluding hydrogens is 250 g/mol. The van der Waals surface area contributed by atoms with E-state index < -0.39 is 0 Å². The average Bonchev–Trinajstić information content (AvgIpc) is 2.39. The van der Waals surface area contributed by atoms with Gasteiger partial charge in [0.15, 0.2) is 0 Å². The van der Waals surface area contributed by atoms with Crippen LogP contribution in [-0.4, -0.2) is 53.9 Å². The van der Waals surface area contributed by atoms with E-state index in [4.69, 9.17) is 11.6 Å². The highest BCUT2D eigenvalue weighted by Gasteiger charge is 2.25. The standard InChI is InChI=1S/C13H18ClN3O/c1-16(2)11-4-3-7-17(9-11)13(18)10-5-6-12(14)15-8-10/h5-6,8,11H,3-4,7,9H2,1-2H3. The molecule has 1 aliphatic heterocycles. The minimum atomic E-state index is 0.0470. The third-order valence-electron chi connectivity index (χ3n) is 3.39. The smallest absolute Gasteiger partial charge is 0.255 e. The zero-order chi connectivity index (χ0) is 13.1. The molecule has 4 nitrogen and oxygen atoms in total. The minimum Gasteiger partial charge on any atom is -0.337 e. The van der Waals surface area contributed by atoms with Crippen molar-refractivity contribution < 1.29 is 4.79 Å². The lowest BCUT2D eigenvalue weighted by Crippen LogP contribution is -2.47. The summed E-state index contributed by atoms with van der Waals surface area (Å²) in [5, 5.41) is 0.413. The summed E-state index contributed by atoms with van der Waals surface area (Å²) in [6.45, 7) is 1.61. The highest BCUT2D eigenvalue weighted by atomic mass is 35.5. The van der Waals surface area contributed by atoms with Crippen LogP contribution < -0.4 is 0 Å². The quantitative estimate of drug-likeness (QED) is 0.768. The van der Waals surface area contributed by atoms with Gasteiger partial charge >= 0.3 is 0 Å². The van der Waals surface area contributed by atoms with E-state index in [9.17, 15) is 4.79 Å². The molecule has 0 aliphatic carbocycles. The third kappa shape index (κ3) is 3.00. The Morgan fingerprint density at radius 3 is 2.89 bits per heavy atom. The number of carbonyl (C=O) groups is 1. The van der Waals surface area contributed by atoms with Crippen LogP contribution in [0, 0.1) is 0 Å². The van der Waals surface area contributed by atoms with E-state index in [0.29, 0.717) is 16.8 Å². The molecule has 0 saturated carbocycles. The summed E-state index contributed by atoms with van der Waals surface area (Å²) in [5.74, 6) is 0.0470. The van der Waals surface area contributed by atoms with Gasteiger partial charge in [0.2, 0.25) is 0 Å². The second kappa shape index (κ2) is 5.67. The Kier molecular flexibility index (Phi) is 4.19. The number of carbonyl (C=O) groups excluding carboxylic acids is 1. The van der Waals surface area contributed by atoms with Crippen LogP contribution in [0.4, 0.5) is 0 Å². The molecule has 0 aromatic carbocycles. The lowest BCUT2D eigenvalue weighted by molar-refractivity contribution is 0.0634. The van der Waals surface area contributed by atoms with Crippen LogP contribution >= 0.6 is 11.6 Å². The molecule has 1 aromatic rings.